The number of nitrogens with one attached hydrogen (secondary N) is 1. The molecule has 0 saturated heterocycles. The van der Waals surface area contributed by atoms with Gasteiger partial charge in [-0.05, 0) is 32.1 Å². The van der Waals surface area contributed by atoms with Crippen molar-refractivity contribution in [2.24, 2.45) is 0 Å². The highest BCUT2D eigenvalue weighted by atomic mass is 31.2. The first-order valence-electron chi connectivity index (χ1n) is 17.2. The number of unbranched alkanes of at least 4 members (excludes halogenated alkanes) is 15. The zero-order chi connectivity index (χ0) is 32.2. The second kappa shape index (κ2) is 27.3. The van der Waals surface area contributed by atoms with Gasteiger partial charge in [0.1, 0.15) is 13.2 Å². The van der Waals surface area contributed by atoms with Gasteiger partial charge >= 0.3 is 7.82 Å². The molecule has 3 N–H and O–H groups in total. The fourth-order valence-electron chi connectivity index (χ4n) is 4.58. The van der Waals surface area contributed by atoms with E-state index in [1.54, 1.807) is 6.08 Å². The Bertz CT molecular complexity index is 768. The minimum absolute atomic E-state index is 0.0570. The summed E-state index contributed by atoms with van der Waals surface area (Å²) in [7, 11) is 1.55. The summed E-state index contributed by atoms with van der Waals surface area (Å²) in [5, 5.41) is 13.6. The fourth-order valence-corrected chi connectivity index (χ4v) is 5.32. The Hall–Kier alpha value is -1.02. The minimum Gasteiger partial charge on any atom is -0.387 e. The lowest BCUT2D eigenvalue weighted by molar-refractivity contribution is -0.870. The summed E-state index contributed by atoms with van der Waals surface area (Å²) in [6.07, 6.45) is 28.4. The molecule has 9 heteroatoms. The van der Waals surface area contributed by atoms with Gasteiger partial charge in [0.25, 0.3) is 0 Å². The highest BCUT2D eigenvalue weighted by Crippen LogP contribution is 2.43. The monoisotopic (exact) mass is 631 g/mol. The maximum Gasteiger partial charge on any atom is 0.472 e. The summed E-state index contributed by atoms with van der Waals surface area (Å²) in [6, 6.07) is -0.853. The van der Waals surface area contributed by atoms with Gasteiger partial charge < -0.3 is 19.8 Å². The number of amides is 1. The Morgan fingerprint density at radius 2 is 1.28 bits per heavy atom. The van der Waals surface area contributed by atoms with Crippen LogP contribution < -0.4 is 5.32 Å². The number of phosphoric acid groups is 1. The fraction of sp³-hybridized carbons (Fsp3) is 0.853. The van der Waals surface area contributed by atoms with Crippen molar-refractivity contribution in [3.63, 3.8) is 0 Å². The van der Waals surface area contributed by atoms with Crippen LogP contribution in [-0.4, -0.2) is 73.4 Å². The topological polar surface area (TPSA) is 105 Å². The number of hydrogen-bond acceptors (Lipinski definition) is 5. The smallest absolute Gasteiger partial charge is 0.387 e. The van der Waals surface area contributed by atoms with Crippen LogP contribution >= 0.6 is 7.82 Å². The van der Waals surface area contributed by atoms with Crippen LogP contribution in [0.25, 0.3) is 0 Å². The number of aliphatic hydroxyl groups is 1. The number of allylic oxidation sites excluding steroid dienone is 3. The molecule has 0 bridgehead atoms. The second-order valence-electron chi connectivity index (χ2n) is 12.9. The molecule has 0 aromatic carbocycles. The molecule has 0 saturated carbocycles. The molecule has 0 radical (unpaired) electrons. The molecule has 0 aromatic heterocycles. The second-order valence-corrected chi connectivity index (χ2v) is 14.3. The molecule has 3 unspecified atom stereocenters. The van der Waals surface area contributed by atoms with E-state index < -0.39 is 20.0 Å². The van der Waals surface area contributed by atoms with Crippen LogP contribution in [0.4, 0.5) is 0 Å². The van der Waals surface area contributed by atoms with Crippen molar-refractivity contribution in [1.29, 1.82) is 0 Å². The predicted molar refractivity (Wildman–Crippen MR) is 180 cm³/mol. The van der Waals surface area contributed by atoms with Crippen LogP contribution in [0.1, 0.15) is 136 Å². The number of rotatable bonds is 30. The van der Waals surface area contributed by atoms with Crippen LogP contribution in [0.3, 0.4) is 0 Å². The average Bonchev–Trinajstić information content (AvgIpc) is 2.94. The first-order chi connectivity index (χ1) is 20.5. The molecule has 0 rings (SSSR count). The van der Waals surface area contributed by atoms with Crippen LogP contribution in [0.15, 0.2) is 24.3 Å². The lowest BCUT2D eigenvalue weighted by Gasteiger charge is -2.25. The van der Waals surface area contributed by atoms with Gasteiger partial charge in [-0.1, -0.05) is 122 Å². The van der Waals surface area contributed by atoms with Gasteiger partial charge in [-0.3, -0.25) is 13.8 Å². The summed E-state index contributed by atoms with van der Waals surface area (Å²) in [5.41, 5.74) is 0. The van der Waals surface area contributed by atoms with E-state index in [1.807, 2.05) is 27.2 Å². The molecular weight excluding hydrogens is 563 g/mol. The van der Waals surface area contributed by atoms with Crippen molar-refractivity contribution in [2.45, 2.75) is 148 Å². The van der Waals surface area contributed by atoms with Crippen LogP contribution in [0.5, 0.6) is 0 Å². The predicted octanol–water partition coefficient (Wildman–Crippen LogP) is 8.24. The summed E-state index contributed by atoms with van der Waals surface area (Å²) >= 11 is 0. The Morgan fingerprint density at radius 1 is 0.767 bits per heavy atom. The van der Waals surface area contributed by atoms with Crippen LogP contribution in [0, 0.1) is 0 Å². The van der Waals surface area contributed by atoms with Gasteiger partial charge in [0.05, 0.1) is 39.9 Å². The molecule has 8 nitrogen and oxygen atoms in total. The molecule has 0 aliphatic heterocycles. The quantitative estimate of drug-likeness (QED) is 0.0319. The maximum absolute atomic E-state index is 12.6. The van der Waals surface area contributed by atoms with Gasteiger partial charge in [0.2, 0.25) is 5.91 Å². The van der Waals surface area contributed by atoms with Gasteiger partial charge in [0.15, 0.2) is 0 Å². The average molecular weight is 632 g/mol. The van der Waals surface area contributed by atoms with Crippen LogP contribution in [0.2, 0.25) is 0 Å². The minimum atomic E-state index is -4.32. The first kappa shape index (κ1) is 42.0. The SMILES string of the molecule is CCCCCCCCCCC/C=C/CC/C=C/C(O)C(COP(=O)(O)OCC[N+](C)(C)C)NC(=O)CCCCCCCC. The Labute approximate surface area is 264 Å². The Kier molecular flexibility index (Phi) is 26.7. The maximum atomic E-state index is 12.6. The molecular formula is C34H68N2O6P+. The molecule has 0 aromatic rings. The third-order valence-corrected chi connectivity index (χ3v) is 8.41. The van der Waals surface area contributed by atoms with E-state index in [0.717, 1.165) is 38.5 Å². The molecule has 1 amide bonds. The van der Waals surface area contributed by atoms with E-state index >= 15 is 0 Å². The highest BCUT2D eigenvalue weighted by molar-refractivity contribution is 7.47. The van der Waals surface area contributed by atoms with Gasteiger partial charge in [-0.25, -0.2) is 4.57 Å². The molecule has 0 fully saturated rings. The highest BCUT2D eigenvalue weighted by Gasteiger charge is 2.27. The lowest BCUT2D eigenvalue weighted by atomic mass is 10.1. The van der Waals surface area contributed by atoms with E-state index in [9.17, 15) is 19.4 Å². The third kappa shape index (κ3) is 29.5. The van der Waals surface area contributed by atoms with Crippen molar-refractivity contribution in [1.82, 2.24) is 5.32 Å². The van der Waals surface area contributed by atoms with Gasteiger partial charge in [0, 0.05) is 6.42 Å². The standard InChI is InChI=1S/C34H67N2O6P/c1-6-8-10-12-14-15-16-17-18-19-20-21-22-23-25-27-33(37)32(35-34(38)28-26-24-13-11-9-7-2)31-42-43(39,40)41-30-29-36(3,4)5/h20-21,25,27,32-33,37H,6-19,22-24,26,28-31H2,1-5H3,(H-,35,38,39,40)/p+1/b21-20+,27-25+. The van der Waals surface area contributed by atoms with Crippen molar-refractivity contribution < 1.29 is 32.9 Å². The lowest BCUT2D eigenvalue weighted by Crippen LogP contribution is -2.45. The number of aliphatic hydroxyl groups excluding tert-OH is 1. The summed E-state index contributed by atoms with van der Waals surface area (Å²) in [4.78, 5) is 22.7. The third-order valence-electron chi connectivity index (χ3n) is 7.42. The number of quaternary nitrogens is 1. The van der Waals surface area contributed by atoms with E-state index in [-0.39, 0.29) is 19.1 Å². The largest absolute Gasteiger partial charge is 0.472 e. The molecule has 254 valence electrons. The van der Waals surface area contributed by atoms with Gasteiger partial charge in [-0.2, -0.15) is 0 Å². The summed E-state index contributed by atoms with van der Waals surface area (Å²) in [6.45, 7) is 4.69. The normalized spacial score (nSPS) is 15.2. The van der Waals surface area contributed by atoms with Crippen molar-refractivity contribution in [3.8, 4) is 0 Å². The van der Waals surface area contributed by atoms with Crippen molar-refractivity contribution >= 4 is 13.7 Å². The number of carbonyl (C=O) groups excluding carboxylic acids is 1. The number of hydrogen-bond donors (Lipinski definition) is 3. The van der Waals surface area contributed by atoms with E-state index in [4.69, 9.17) is 9.05 Å². The molecule has 0 aliphatic carbocycles. The Balaban J connectivity index is 4.58. The molecule has 0 heterocycles. The first-order valence-corrected chi connectivity index (χ1v) is 18.7. The molecule has 3 atom stereocenters. The molecule has 43 heavy (non-hydrogen) atoms. The van der Waals surface area contributed by atoms with Crippen LogP contribution in [-0.2, 0) is 18.4 Å². The van der Waals surface area contributed by atoms with Gasteiger partial charge in [-0.15, -0.1) is 0 Å². The molecule has 0 aliphatic rings. The van der Waals surface area contributed by atoms with Crippen molar-refractivity contribution in [2.75, 3.05) is 40.9 Å². The summed E-state index contributed by atoms with van der Waals surface area (Å²) < 4.78 is 23.3. The van der Waals surface area contributed by atoms with Crippen molar-refractivity contribution in [3.05, 3.63) is 24.3 Å². The van der Waals surface area contributed by atoms with E-state index in [2.05, 4.69) is 31.3 Å². The zero-order valence-corrected chi connectivity index (χ0v) is 29.3. The summed E-state index contributed by atoms with van der Waals surface area (Å²) in [5.74, 6) is -0.199. The number of likely N-dealkylation sites (N-methyl/N-ethyl adjacent to an activating group) is 1. The zero-order valence-electron chi connectivity index (χ0n) is 28.4. The molecule has 0 spiro atoms. The van der Waals surface area contributed by atoms with E-state index in [1.165, 1.54) is 77.0 Å². The number of carbonyl (C=O) groups is 1. The number of phosphoric ester groups is 1. The Morgan fingerprint density at radius 3 is 1.86 bits per heavy atom. The van der Waals surface area contributed by atoms with E-state index in [0.29, 0.717) is 17.4 Å². The number of nitrogens with zero attached hydrogens (tertiary/aromatic N) is 1.